The third-order valence-corrected chi connectivity index (χ3v) is 6.92. The molecule has 1 saturated heterocycles. The number of halogens is 1. The van der Waals surface area contributed by atoms with Crippen molar-refractivity contribution in [3.05, 3.63) is 90.0 Å². The van der Waals surface area contributed by atoms with E-state index in [2.05, 4.69) is 19.9 Å². The second-order valence-electron chi connectivity index (χ2n) is 7.96. The van der Waals surface area contributed by atoms with Crippen LogP contribution in [0.2, 0.25) is 0 Å². The Kier molecular flexibility index (Phi) is 7.00. The Labute approximate surface area is 192 Å². The molecular formula is C24H25FN4O3S. The molecule has 0 bridgehead atoms. The summed E-state index contributed by atoms with van der Waals surface area (Å²) in [5, 5.41) is 3.00. The molecule has 2 heterocycles. The maximum absolute atomic E-state index is 13.9. The summed E-state index contributed by atoms with van der Waals surface area (Å²) in [4.78, 5) is 19.3. The summed E-state index contributed by atoms with van der Waals surface area (Å²) in [6.07, 6.45) is 3.37. The predicted molar refractivity (Wildman–Crippen MR) is 124 cm³/mol. The van der Waals surface area contributed by atoms with E-state index in [0.29, 0.717) is 0 Å². The molecule has 9 heteroatoms. The molecule has 0 radical (unpaired) electrons. The predicted octanol–water partition coefficient (Wildman–Crippen LogP) is 3.42. The summed E-state index contributed by atoms with van der Waals surface area (Å²) in [7, 11) is -4.04. The highest BCUT2D eigenvalue weighted by Crippen LogP contribution is 2.20. The van der Waals surface area contributed by atoms with Crippen LogP contribution in [0.1, 0.15) is 28.9 Å². The van der Waals surface area contributed by atoms with Gasteiger partial charge in [0, 0.05) is 37.4 Å². The fraction of sp³-hybridized carbons (Fsp3) is 0.250. The molecule has 0 unspecified atom stereocenters. The van der Waals surface area contributed by atoms with Crippen molar-refractivity contribution in [2.45, 2.75) is 30.3 Å². The van der Waals surface area contributed by atoms with E-state index in [1.165, 1.54) is 42.5 Å². The number of likely N-dealkylation sites (tertiary alicyclic amines) is 1. The van der Waals surface area contributed by atoms with Crippen LogP contribution in [-0.4, -0.2) is 43.3 Å². The van der Waals surface area contributed by atoms with E-state index >= 15 is 0 Å². The van der Waals surface area contributed by atoms with Gasteiger partial charge in [-0.3, -0.25) is 19.4 Å². The minimum absolute atomic E-state index is 0.00860. The first-order chi connectivity index (χ1) is 15.9. The van der Waals surface area contributed by atoms with Crippen LogP contribution in [-0.2, 0) is 16.6 Å². The lowest BCUT2D eigenvalue weighted by Gasteiger charge is -2.32. The van der Waals surface area contributed by atoms with Gasteiger partial charge in [-0.2, -0.15) is 0 Å². The second-order valence-corrected chi connectivity index (χ2v) is 9.64. The SMILES string of the molecule is O=C(NC1CCN(Cc2ccccn2)CC1)c1cccc(S(=O)(=O)Nc2ccccc2F)c1. The highest BCUT2D eigenvalue weighted by Gasteiger charge is 2.23. The first-order valence-electron chi connectivity index (χ1n) is 10.7. The first-order valence-corrected chi connectivity index (χ1v) is 12.2. The van der Waals surface area contributed by atoms with E-state index in [0.717, 1.165) is 38.2 Å². The van der Waals surface area contributed by atoms with Gasteiger partial charge in [0.15, 0.2) is 0 Å². The zero-order chi connectivity index (χ0) is 23.3. The lowest BCUT2D eigenvalue weighted by Crippen LogP contribution is -2.44. The Morgan fingerprint density at radius 3 is 2.52 bits per heavy atom. The molecule has 0 atom stereocenters. The van der Waals surface area contributed by atoms with Gasteiger partial charge < -0.3 is 5.32 Å². The summed E-state index contributed by atoms with van der Waals surface area (Å²) in [6.45, 7) is 2.45. The number of hydrogen-bond donors (Lipinski definition) is 2. The van der Waals surface area contributed by atoms with Gasteiger partial charge in [-0.05, 0) is 55.3 Å². The van der Waals surface area contributed by atoms with Crippen molar-refractivity contribution < 1.29 is 17.6 Å². The molecular weight excluding hydrogens is 443 g/mol. The molecule has 1 aliphatic heterocycles. The number of pyridine rings is 1. The first kappa shape index (κ1) is 22.9. The third-order valence-electron chi connectivity index (χ3n) is 5.56. The smallest absolute Gasteiger partial charge is 0.262 e. The quantitative estimate of drug-likeness (QED) is 0.555. The van der Waals surface area contributed by atoms with Crippen molar-refractivity contribution in [2.75, 3.05) is 17.8 Å². The van der Waals surface area contributed by atoms with Crippen LogP contribution in [0.15, 0.2) is 77.8 Å². The Bertz CT molecular complexity index is 1210. The number of para-hydroxylation sites is 1. The number of anilines is 1. The molecule has 3 aromatic rings. The average Bonchev–Trinajstić information content (AvgIpc) is 2.82. The monoisotopic (exact) mass is 468 g/mol. The molecule has 33 heavy (non-hydrogen) atoms. The molecule has 1 amide bonds. The fourth-order valence-electron chi connectivity index (χ4n) is 3.78. The van der Waals surface area contributed by atoms with E-state index in [9.17, 15) is 17.6 Å². The second kappa shape index (κ2) is 10.1. The van der Waals surface area contributed by atoms with Crippen LogP contribution >= 0.6 is 0 Å². The van der Waals surface area contributed by atoms with E-state index in [-0.39, 0.29) is 28.1 Å². The standard InChI is InChI=1S/C24H25FN4O3S/c25-22-9-1-2-10-23(22)28-33(31,32)21-8-5-6-18(16-21)24(30)27-19-11-14-29(15-12-19)17-20-7-3-4-13-26-20/h1-10,13,16,19,28H,11-12,14-15,17H2,(H,27,30). The van der Waals surface area contributed by atoms with Crippen molar-refractivity contribution in [1.29, 1.82) is 0 Å². The molecule has 1 aliphatic rings. The number of nitrogens with zero attached hydrogens (tertiary/aromatic N) is 2. The number of amides is 1. The van der Waals surface area contributed by atoms with Crippen LogP contribution in [0.4, 0.5) is 10.1 Å². The van der Waals surface area contributed by atoms with Gasteiger partial charge in [0.1, 0.15) is 5.82 Å². The van der Waals surface area contributed by atoms with Crippen molar-refractivity contribution in [3.8, 4) is 0 Å². The van der Waals surface area contributed by atoms with Gasteiger partial charge in [0.05, 0.1) is 16.3 Å². The van der Waals surface area contributed by atoms with Gasteiger partial charge >= 0.3 is 0 Å². The van der Waals surface area contributed by atoms with Crippen LogP contribution in [0.5, 0.6) is 0 Å². The highest BCUT2D eigenvalue weighted by atomic mass is 32.2. The molecule has 4 rings (SSSR count). The van der Waals surface area contributed by atoms with Gasteiger partial charge in [-0.25, -0.2) is 12.8 Å². The molecule has 0 aliphatic carbocycles. The topological polar surface area (TPSA) is 91.4 Å². The van der Waals surface area contributed by atoms with Crippen LogP contribution in [0.3, 0.4) is 0 Å². The minimum atomic E-state index is -4.04. The summed E-state index contributed by atoms with van der Waals surface area (Å²) >= 11 is 0. The number of hydrogen-bond acceptors (Lipinski definition) is 5. The number of aromatic nitrogens is 1. The van der Waals surface area contributed by atoms with Crippen molar-refractivity contribution >= 4 is 21.6 Å². The zero-order valence-electron chi connectivity index (χ0n) is 17.9. The van der Waals surface area contributed by atoms with Crippen molar-refractivity contribution in [3.63, 3.8) is 0 Å². The maximum Gasteiger partial charge on any atom is 0.262 e. The number of rotatable bonds is 7. The Balaban J connectivity index is 1.36. The average molecular weight is 469 g/mol. The molecule has 172 valence electrons. The largest absolute Gasteiger partial charge is 0.349 e. The maximum atomic E-state index is 13.9. The fourth-order valence-corrected chi connectivity index (χ4v) is 4.89. The summed E-state index contributed by atoms with van der Waals surface area (Å²) < 4.78 is 41.5. The van der Waals surface area contributed by atoms with E-state index in [1.807, 2.05) is 18.2 Å². The summed E-state index contributed by atoms with van der Waals surface area (Å²) in [5.74, 6) is -1.01. The van der Waals surface area contributed by atoms with Gasteiger partial charge in [0.25, 0.3) is 15.9 Å². The Hall–Kier alpha value is -3.30. The Morgan fingerprint density at radius 1 is 1.03 bits per heavy atom. The molecule has 1 aromatic heterocycles. The van der Waals surface area contributed by atoms with Crippen LogP contribution in [0, 0.1) is 5.82 Å². The zero-order valence-corrected chi connectivity index (χ0v) is 18.8. The van der Waals surface area contributed by atoms with Gasteiger partial charge in [-0.1, -0.05) is 24.3 Å². The number of benzene rings is 2. The molecule has 0 saturated carbocycles. The molecule has 7 nitrogen and oxygen atoms in total. The highest BCUT2D eigenvalue weighted by molar-refractivity contribution is 7.92. The number of nitrogens with one attached hydrogen (secondary N) is 2. The van der Waals surface area contributed by atoms with Gasteiger partial charge in [0.2, 0.25) is 0 Å². The number of sulfonamides is 1. The van der Waals surface area contributed by atoms with E-state index in [1.54, 1.807) is 12.3 Å². The number of piperidine rings is 1. The van der Waals surface area contributed by atoms with Crippen molar-refractivity contribution in [2.24, 2.45) is 0 Å². The van der Waals surface area contributed by atoms with Crippen LogP contribution < -0.4 is 10.0 Å². The number of carbonyl (C=O) groups is 1. The normalized spacial score (nSPS) is 15.2. The van der Waals surface area contributed by atoms with Crippen molar-refractivity contribution in [1.82, 2.24) is 15.2 Å². The molecule has 0 spiro atoms. The molecule has 1 fully saturated rings. The van der Waals surface area contributed by atoms with E-state index in [4.69, 9.17) is 0 Å². The van der Waals surface area contributed by atoms with E-state index < -0.39 is 15.8 Å². The summed E-state index contributed by atoms with van der Waals surface area (Å²) in [6, 6.07) is 17.1. The number of carbonyl (C=O) groups excluding carboxylic acids is 1. The van der Waals surface area contributed by atoms with Gasteiger partial charge in [-0.15, -0.1) is 0 Å². The lowest BCUT2D eigenvalue weighted by atomic mass is 10.0. The Morgan fingerprint density at radius 2 is 1.79 bits per heavy atom. The molecule has 2 N–H and O–H groups in total. The minimum Gasteiger partial charge on any atom is -0.349 e. The molecule has 2 aromatic carbocycles. The third kappa shape index (κ3) is 5.94. The summed E-state index contributed by atoms with van der Waals surface area (Å²) in [5.41, 5.74) is 1.11. The lowest BCUT2D eigenvalue weighted by molar-refractivity contribution is 0.0908. The van der Waals surface area contributed by atoms with Crippen LogP contribution in [0.25, 0.3) is 0 Å².